The highest BCUT2D eigenvalue weighted by molar-refractivity contribution is 4.85. The fourth-order valence-electron chi connectivity index (χ4n) is 3.21. The van der Waals surface area contributed by atoms with E-state index in [1.165, 1.54) is 19.4 Å². The topological polar surface area (TPSA) is 15.3 Å². The molecule has 4 atom stereocenters. The second kappa shape index (κ2) is 7.49. The van der Waals surface area contributed by atoms with Gasteiger partial charge in [0.2, 0.25) is 0 Å². The van der Waals surface area contributed by atoms with Crippen LogP contribution in [-0.4, -0.2) is 36.6 Å². The monoisotopic (exact) mass is 254 g/mol. The third-order valence-electron chi connectivity index (χ3n) is 4.50. The van der Waals surface area contributed by atoms with E-state index in [0.29, 0.717) is 6.04 Å². The maximum Gasteiger partial charge on any atom is 0.00956 e. The molecule has 1 saturated heterocycles. The fraction of sp³-hybridized carbons (Fsp3) is 1.00. The molecule has 4 unspecified atom stereocenters. The second-order valence-electron chi connectivity index (χ2n) is 6.99. The fourth-order valence-corrected chi connectivity index (χ4v) is 3.21. The highest BCUT2D eigenvalue weighted by atomic mass is 15.2. The van der Waals surface area contributed by atoms with Crippen LogP contribution in [-0.2, 0) is 0 Å². The number of nitrogens with one attached hydrogen (secondary N) is 1. The summed E-state index contributed by atoms with van der Waals surface area (Å²) in [7, 11) is 0. The van der Waals surface area contributed by atoms with E-state index in [0.717, 1.165) is 36.9 Å². The van der Waals surface area contributed by atoms with Gasteiger partial charge >= 0.3 is 0 Å². The van der Waals surface area contributed by atoms with E-state index in [-0.39, 0.29) is 0 Å². The minimum absolute atomic E-state index is 0.713. The van der Waals surface area contributed by atoms with Crippen LogP contribution in [0, 0.1) is 17.8 Å². The first-order valence-corrected chi connectivity index (χ1v) is 7.88. The molecule has 0 amide bonds. The molecule has 0 bridgehead atoms. The van der Waals surface area contributed by atoms with Crippen LogP contribution in [0.2, 0.25) is 0 Å². The lowest BCUT2D eigenvalue weighted by atomic mass is 9.85. The van der Waals surface area contributed by atoms with Crippen molar-refractivity contribution < 1.29 is 0 Å². The minimum Gasteiger partial charge on any atom is -0.316 e. The molecule has 1 heterocycles. The van der Waals surface area contributed by atoms with Crippen molar-refractivity contribution in [3.05, 3.63) is 0 Å². The van der Waals surface area contributed by atoms with Crippen molar-refractivity contribution in [2.75, 3.05) is 19.6 Å². The summed E-state index contributed by atoms with van der Waals surface area (Å²) in [4.78, 5) is 2.73. The van der Waals surface area contributed by atoms with Gasteiger partial charge in [-0.25, -0.2) is 0 Å². The Morgan fingerprint density at radius 2 is 1.83 bits per heavy atom. The molecule has 0 aromatic carbocycles. The molecular weight excluding hydrogens is 220 g/mol. The molecule has 1 aliphatic heterocycles. The summed E-state index contributed by atoms with van der Waals surface area (Å²) in [5.74, 6) is 2.47. The molecular formula is C16H34N2. The van der Waals surface area contributed by atoms with Crippen molar-refractivity contribution in [3.63, 3.8) is 0 Å². The van der Waals surface area contributed by atoms with Gasteiger partial charge in [0.1, 0.15) is 0 Å². The van der Waals surface area contributed by atoms with Crippen molar-refractivity contribution in [3.8, 4) is 0 Å². The van der Waals surface area contributed by atoms with Crippen LogP contribution in [0.1, 0.15) is 54.4 Å². The Kier molecular flexibility index (Phi) is 6.65. The molecule has 0 aromatic rings. The number of piperidine rings is 1. The molecule has 1 aliphatic rings. The van der Waals surface area contributed by atoms with Crippen molar-refractivity contribution in [1.82, 2.24) is 10.2 Å². The van der Waals surface area contributed by atoms with Crippen LogP contribution in [0.5, 0.6) is 0 Å². The van der Waals surface area contributed by atoms with Crippen LogP contribution >= 0.6 is 0 Å². The van der Waals surface area contributed by atoms with Crippen LogP contribution in [0.3, 0.4) is 0 Å². The van der Waals surface area contributed by atoms with Gasteiger partial charge in [-0.1, -0.05) is 27.7 Å². The van der Waals surface area contributed by atoms with E-state index < -0.39 is 0 Å². The minimum atomic E-state index is 0.713. The molecule has 108 valence electrons. The molecule has 1 N–H and O–H groups in total. The molecule has 0 aromatic heterocycles. The Hall–Kier alpha value is -0.0800. The third kappa shape index (κ3) is 4.89. The van der Waals surface area contributed by atoms with E-state index in [1.807, 2.05) is 0 Å². The molecule has 18 heavy (non-hydrogen) atoms. The summed E-state index contributed by atoms with van der Waals surface area (Å²) in [6, 6.07) is 1.46. The second-order valence-corrected chi connectivity index (χ2v) is 6.99. The van der Waals surface area contributed by atoms with Gasteiger partial charge in [0.05, 0.1) is 0 Å². The Balaban J connectivity index is 2.33. The molecule has 1 fully saturated rings. The highest BCUT2D eigenvalue weighted by Crippen LogP contribution is 2.28. The smallest absolute Gasteiger partial charge is 0.00956 e. The lowest BCUT2D eigenvalue weighted by Gasteiger charge is -2.44. The van der Waals surface area contributed by atoms with E-state index in [2.05, 4.69) is 51.8 Å². The predicted octanol–water partition coefficient (Wildman–Crippen LogP) is 3.38. The predicted molar refractivity (Wildman–Crippen MR) is 80.9 cm³/mol. The maximum absolute atomic E-state index is 3.57. The standard InChI is InChI=1S/C16H34N2/c1-12(2)10-17-8-7-15(5)18-11-13(3)9-14(4)16(18)6/h12-17H,7-11H2,1-6H3. The summed E-state index contributed by atoms with van der Waals surface area (Å²) in [6.07, 6.45) is 2.67. The molecule has 1 rings (SSSR count). The summed E-state index contributed by atoms with van der Waals surface area (Å²) >= 11 is 0. The average molecular weight is 254 g/mol. The first-order chi connectivity index (χ1) is 8.41. The van der Waals surface area contributed by atoms with Gasteiger partial charge in [0, 0.05) is 18.6 Å². The molecule has 2 nitrogen and oxygen atoms in total. The highest BCUT2D eigenvalue weighted by Gasteiger charge is 2.31. The number of likely N-dealkylation sites (tertiary alicyclic amines) is 1. The maximum atomic E-state index is 3.57. The molecule has 0 aliphatic carbocycles. The van der Waals surface area contributed by atoms with E-state index in [4.69, 9.17) is 0 Å². The SMILES string of the molecule is CC(C)CNCCC(C)N1CC(C)CC(C)C1C. The van der Waals surface area contributed by atoms with Gasteiger partial charge in [0.15, 0.2) is 0 Å². The zero-order valence-corrected chi connectivity index (χ0v) is 13.4. The number of hydrogen-bond donors (Lipinski definition) is 1. The average Bonchev–Trinajstić information content (AvgIpc) is 2.28. The molecule has 0 spiro atoms. The van der Waals surface area contributed by atoms with Crippen molar-refractivity contribution in [2.45, 2.75) is 66.5 Å². The van der Waals surface area contributed by atoms with Crippen LogP contribution in [0.4, 0.5) is 0 Å². The lowest BCUT2D eigenvalue weighted by molar-refractivity contribution is 0.0436. The number of nitrogens with zero attached hydrogens (tertiary/aromatic N) is 1. The van der Waals surface area contributed by atoms with E-state index >= 15 is 0 Å². The Labute approximate surface area is 115 Å². The van der Waals surface area contributed by atoms with Gasteiger partial charge in [-0.2, -0.15) is 0 Å². The summed E-state index contributed by atoms with van der Waals surface area (Å²) in [6.45, 7) is 17.8. The van der Waals surface area contributed by atoms with Gasteiger partial charge in [-0.15, -0.1) is 0 Å². The van der Waals surface area contributed by atoms with Crippen molar-refractivity contribution >= 4 is 0 Å². The van der Waals surface area contributed by atoms with Gasteiger partial charge in [-0.3, -0.25) is 4.90 Å². The Morgan fingerprint density at radius 3 is 2.44 bits per heavy atom. The summed E-state index contributed by atoms with van der Waals surface area (Å²) in [5.41, 5.74) is 0. The van der Waals surface area contributed by atoms with Crippen LogP contribution < -0.4 is 5.32 Å². The molecule has 0 saturated carbocycles. The van der Waals surface area contributed by atoms with Crippen LogP contribution in [0.25, 0.3) is 0 Å². The van der Waals surface area contributed by atoms with Gasteiger partial charge in [-0.05, 0) is 57.5 Å². The third-order valence-corrected chi connectivity index (χ3v) is 4.50. The number of rotatable bonds is 6. The van der Waals surface area contributed by atoms with E-state index in [1.54, 1.807) is 0 Å². The first-order valence-electron chi connectivity index (χ1n) is 7.88. The first kappa shape index (κ1) is 16.0. The van der Waals surface area contributed by atoms with Crippen molar-refractivity contribution in [1.29, 1.82) is 0 Å². The Morgan fingerprint density at radius 1 is 1.17 bits per heavy atom. The van der Waals surface area contributed by atoms with Gasteiger partial charge < -0.3 is 5.32 Å². The van der Waals surface area contributed by atoms with Gasteiger partial charge in [0.25, 0.3) is 0 Å². The van der Waals surface area contributed by atoms with E-state index in [9.17, 15) is 0 Å². The zero-order chi connectivity index (χ0) is 13.7. The number of hydrogen-bond acceptors (Lipinski definition) is 2. The zero-order valence-electron chi connectivity index (χ0n) is 13.4. The quantitative estimate of drug-likeness (QED) is 0.731. The summed E-state index contributed by atoms with van der Waals surface area (Å²) in [5, 5.41) is 3.57. The molecule has 2 heteroatoms. The summed E-state index contributed by atoms with van der Waals surface area (Å²) < 4.78 is 0. The van der Waals surface area contributed by atoms with Crippen LogP contribution in [0.15, 0.2) is 0 Å². The lowest BCUT2D eigenvalue weighted by Crippen LogP contribution is -2.50. The largest absolute Gasteiger partial charge is 0.316 e. The normalized spacial score (nSPS) is 31.8. The Bertz CT molecular complexity index is 227. The van der Waals surface area contributed by atoms with Crippen molar-refractivity contribution in [2.24, 2.45) is 17.8 Å². The molecule has 0 radical (unpaired) electrons.